The largest absolute Gasteiger partial charge is 0.524 e. The van der Waals surface area contributed by atoms with Gasteiger partial charge in [-0.05, 0) is 42.7 Å². The quantitative estimate of drug-likeness (QED) is 0.0451. The number of hydroxylamine groups is 2. The maximum absolute atomic E-state index is 12.1. The molecular formula is C33H40N6O14P2. The summed E-state index contributed by atoms with van der Waals surface area (Å²) in [6.45, 7) is 2.55. The van der Waals surface area contributed by atoms with Crippen LogP contribution in [0, 0.1) is 0 Å². The molecule has 1 aliphatic heterocycles. The summed E-state index contributed by atoms with van der Waals surface area (Å²) in [7, 11) is -10.0. The standard InChI is InChI=1S/C33H40N6O14P2/c1-2-3-4-26-37-31-32(38(26)19-21-18-22(52-54(44,45)46)6-8-25(21)53-55(47,48)49)23-7-5-20(17-24(23)36-33(31)34)13-15-50-16-14-35-27(40)9-12-30(43)51-39-28(41)10-11-29(39)42/h5-8,17-18H,2-4,9-16,19H2,1H3,(H2,34,36)(H,35,40)(H2,44,45,46)(H2,47,48,49). The van der Waals surface area contributed by atoms with Gasteiger partial charge in [-0.15, -0.1) is 5.06 Å². The van der Waals surface area contributed by atoms with E-state index in [1.807, 2.05) is 25.1 Å². The van der Waals surface area contributed by atoms with Gasteiger partial charge in [-0.25, -0.2) is 23.9 Å². The van der Waals surface area contributed by atoms with Crippen LogP contribution >= 0.6 is 15.6 Å². The molecular weight excluding hydrogens is 766 g/mol. The maximum atomic E-state index is 12.1. The second-order valence-electron chi connectivity index (χ2n) is 12.5. The van der Waals surface area contributed by atoms with Crippen LogP contribution in [0.3, 0.4) is 0 Å². The number of carbonyl (C=O) groups is 4. The van der Waals surface area contributed by atoms with Crippen LogP contribution in [0.25, 0.3) is 21.9 Å². The fourth-order valence-electron chi connectivity index (χ4n) is 5.78. The molecule has 0 atom stereocenters. The van der Waals surface area contributed by atoms with Crippen molar-refractivity contribution in [2.24, 2.45) is 0 Å². The summed E-state index contributed by atoms with van der Waals surface area (Å²) in [6.07, 6.45) is 1.98. The topological polar surface area (TPSA) is 292 Å². The molecule has 5 rings (SSSR count). The lowest BCUT2D eigenvalue weighted by Gasteiger charge is -2.17. The molecule has 22 heteroatoms. The molecule has 0 aliphatic carbocycles. The molecule has 1 fully saturated rings. The highest BCUT2D eigenvalue weighted by Gasteiger charge is 2.33. The summed E-state index contributed by atoms with van der Waals surface area (Å²) < 4.78 is 40.5. The Morgan fingerprint density at radius 3 is 2.35 bits per heavy atom. The molecule has 2 aromatic carbocycles. The summed E-state index contributed by atoms with van der Waals surface area (Å²) in [5.74, 6) is -2.28. The second kappa shape index (κ2) is 17.7. The third-order valence-corrected chi connectivity index (χ3v) is 9.15. The van der Waals surface area contributed by atoms with Crippen molar-refractivity contribution in [3.8, 4) is 11.5 Å². The number of nitrogens with zero attached hydrogens (tertiary/aromatic N) is 4. The summed E-state index contributed by atoms with van der Waals surface area (Å²) >= 11 is 0. The van der Waals surface area contributed by atoms with Crippen molar-refractivity contribution in [1.82, 2.24) is 24.9 Å². The van der Waals surface area contributed by atoms with E-state index in [9.17, 15) is 47.9 Å². The highest BCUT2D eigenvalue weighted by molar-refractivity contribution is 7.47. The molecule has 0 saturated carbocycles. The molecule has 0 radical (unpaired) electrons. The van der Waals surface area contributed by atoms with E-state index in [4.69, 9.17) is 29.3 Å². The molecule has 20 nitrogen and oxygen atoms in total. The number of nitrogens with two attached hydrogens (primary N) is 1. The van der Waals surface area contributed by atoms with Gasteiger partial charge in [0.05, 0.1) is 37.2 Å². The van der Waals surface area contributed by atoms with Crippen LogP contribution in [-0.4, -0.2) is 82.6 Å². The van der Waals surface area contributed by atoms with Gasteiger partial charge in [-0.3, -0.25) is 34.0 Å². The predicted molar refractivity (Wildman–Crippen MR) is 193 cm³/mol. The fourth-order valence-corrected chi connectivity index (χ4v) is 6.60. The highest BCUT2D eigenvalue weighted by Crippen LogP contribution is 2.43. The first-order valence-electron chi connectivity index (χ1n) is 17.1. The number of unbranched alkanes of at least 4 members (excludes halogenated alkanes) is 1. The van der Waals surface area contributed by atoms with Crippen molar-refractivity contribution < 1.29 is 66.5 Å². The number of aromatic nitrogens is 3. The number of amides is 3. The lowest BCUT2D eigenvalue weighted by Crippen LogP contribution is -2.33. The molecule has 0 unspecified atom stereocenters. The van der Waals surface area contributed by atoms with E-state index >= 15 is 0 Å². The number of imidazole rings is 1. The monoisotopic (exact) mass is 806 g/mol. The Morgan fingerprint density at radius 1 is 0.927 bits per heavy atom. The number of ether oxygens (including phenoxy) is 1. The maximum Gasteiger partial charge on any atom is 0.524 e. The number of nitrogen functional groups attached to an aromatic ring is 1. The summed E-state index contributed by atoms with van der Waals surface area (Å²) in [5, 5.41) is 3.71. The summed E-state index contributed by atoms with van der Waals surface area (Å²) in [6, 6.07) is 9.01. The SMILES string of the molecule is CCCCc1nc2c(N)nc3cc(CCOCCNC(=O)CCC(=O)ON4C(=O)CCC4=O)ccc3c2n1Cc1cc(OP(=O)(O)O)ccc1OP(=O)(O)O. The first-order chi connectivity index (χ1) is 26.0. The van der Waals surface area contributed by atoms with Gasteiger partial charge in [0, 0.05) is 43.2 Å². The van der Waals surface area contributed by atoms with Crippen molar-refractivity contribution in [2.75, 3.05) is 25.5 Å². The molecule has 0 bridgehead atoms. The van der Waals surface area contributed by atoms with E-state index < -0.39 is 39.3 Å². The fraction of sp³-hybridized carbons (Fsp3) is 0.394. The van der Waals surface area contributed by atoms with Crippen molar-refractivity contribution in [3.63, 3.8) is 0 Å². The number of hydrogen-bond acceptors (Lipinski definition) is 13. The Balaban J connectivity index is 1.26. The predicted octanol–water partition coefficient (Wildman–Crippen LogP) is 2.56. The smallest absolute Gasteiger partial charge is 0.404 e. The Hall–Kier alpha value is -4.94. The number of nitrogens with one attached hydrogen (secondary N) is 1. The molecule has 296 valence electrons. The normalized spacial score (nSPS) is 13.5. The lowest BCUT2D eigenvalue weighted by atomic mass is 10.1. The minimum Gasteiger partial charge on any atom is -0.404 e. The molecule has 3 heterocycles. The van der Waals surface area contributed by atoms with E-state index in [1.54, 1.807) is 4.57 Å². The number of fused-ring (bicyclic) bond motifs is 3. The van der Waals surface area contributed by atoms with Crippen LogP contribution in [0.15, 0.2) is 36.4 Å². The van der Waals surface area contributed by atoms with E-state index in [1.165, 1.54) is 6.07 Å². The number of anilines is 1. The second-order valence-corrected chi connectivity index (χ2v) is 14.8. The van der Waals surface area contributed by atoms with E-state index in [-0.39, 0.29) is 74.9 Å². The number of rotatable bonds is 19. The zero-order valence-electron chi connectivity index (χ0n) is 29.6. The molecule has 2 aromatic heterocycles. The number of aryl methyl sites for hydroxylation is 1. The van der Waals surface area contributed by atoms with Gasteiger partial charge in [0.1, 0.15) is 22.8 Å². The number of carbonyl (C=O) groups excluding carboxylic acids is 4. The van der Waals surface area contributed by atoms with Crippen LogP contribution in [0.5, 0.6) is 11.5 Å². The Labute approximate surface area is 313 Å². The molecule has 1 saturated heterocycles. The minimum atomic E-state index is -5.04. The molecule has 1 aliphatic rings. The number of benzene rings is 2. The molecule has 7 N–H and O–H groups in total. The highest BCUT2D eigenvalue weighted by atomic mass is 31.2. The van der Waals surface area contributed by atoms with E-state index in [0.29, 0.717) is 45.7 Å². The van der Waals surface area contributed by atoms with Gasteiger partial charge in [-0.2, -0.15) is 0 Å². The summed E-state index contributed by atoms with van der Waals surface area (Å²) in [4.78, 5) is 99.1. The van der Waals surface area contributed by atoms with Crippen LogP contribution in [0.4, 0.5) is 5.82 Å². The van der Waals surface area contributed by atoms with Gasteiger partial charge >= 0.3 is 21.6 Å². The summed E-state index contributed by atoms with van der Waals surface area (Å²) in [5.41, 5.74) is 8.90. The number of imide groups is 1. The lowest BCUT2D eigenvalue weighted by molar-refractivity contribution is -0.197. The van der Waals surface area contributed by atoms with Gasteiger partial charge in [-0.1, -0.05) is 25.5 Å². The van der Waals surface area contributed by atoms with Crippen molar-refractivity contribution in [2.45, 2.75) is 64.8 Å². The molecule has 4 aromatic rings. The van der Waals surface area contributed by atoms with Gasteiger partial charge < -0.3 is 34.2 Å². The number of phosphoric acid groups is 2. The van der Waals surface area contributed by atoms with Crippen molar-refractivity contribution in [1.29, 1.82) is 0 Å². The third-order valence-electron chi connectivity index (χ3n) is 8.26. The van der Waals surface area contributed by atoms with Crippen LogP contribution in [-0.2, 0) is 57.3 Å². The number of hydrogen-bond donors (Lipinski definition) is 6. The van der Waals surface area contributed by atoms with Gasteiger partial charge in [0.2, 0.25) is 5.91 Å². The zero-order chi connectivity index (χ0) is 39.9. The van der Waals surface area contributed by atoms with E-state index in [0.717, 1.165) is 30.5 Å². The minimum absolute atomic E-state index is 0.0267. The first kappa shape index (κ1) is 41.2. The van der Waals surface area contributed by atoms with Gasteiger partial charge in [0.15, 0.2) is 5.82 Å². The third kappa shape index (κ3) is 11.3. The molecule has 55 heavy (non-hydrogen) atoms. The van der Waals surface area contributed by atoms with Gasteiger partial charge in [0.25, 0.3) is 11.8 Å². The molecule has 3 amide bonds. The van der Waals surface area contributed by atoms with Crippen molar-refractivity contribution >= 4 is 67.1 Å². The Bertz CT molecular complexity index is 2180. The van der Waals surface area contributed by atoms with Crippen LogP contribution < -0.4 is 20.1 Å². The zero-order valence-corrected chi connectivity index (χ0v) is 31.4. The number of pyridine rings is 1. The van der Waals surface area contributed by atoms with Crippen LogP contribution in [0.1, 0.15) is 62.4 Å². The Kier molecular flexibility index (Phi) is 13.3. The average Bonchev–Trinajstić information content (AvgIpc) is 3.62. The van der Waals surface area contributed by atoms with E-state index in [2.05, 4.69) is 10.3 Å². The van der Waals surface area contributed by atoms with Crippen LogP contribution in [0.2, 0.25) is 0 Å². The average molecular weight is 807 g/mol. The molecule has 0 spiro atoms. The number of phosphoric ester groups is 2. The Morgan fingerprint density at radius 2 is 1.65 bits per heavy atom. The first-order valence-corrected chi connectivity index (χ1v) is 20.2. The van der Waals surface area contributed by atoms with Crippen molar-refractivity contribution in [3.05, 3.63) is 53.3 Å².